The van der Waals surface area contributed by atoms with Gasteiger partial charge in [0.25, 0.3) is 0 Å². The normalized spacial score (nSPS) is 16.0. The molecule has 7 nitrogen and oxygen atoms in total. The van der Waals surface area contributed by atoms with Crippen molar-refractivity contribution in [3.63, 3.8) is 0 Å². The molecule has 0 saturated carbocycles. The molecule has 3 aromatic carbocycles. The number of para-hydroxylation sites is 1. The minimum Gasteiger partial charge on any atom is -0.368 e. The molecule has 1 aliphatic rings. The van der Waals surface area contributed by atoms with Crippen LogP contribution in [0.4, 0.5) is 5.82 Å². The predicted molar refractivity (Wildman–Crippen MR) is 145 cm³/mol. The summed E-state index contributed by atoms with van der Waals surface area (Å²) in [5, 5.41) is 6.82. The highest BCUT2D eigenvalue weighted by Crippen LogP contribution is 2.24. The molecule has 0 radical (unpaired) electrons. The number of rotatable bonds is 8. The summed E-state index contributed by atoms with van der Waals surface area (Å²) in [4.78, 5) is 26.6. The molecule has 1 amide bonds. The van der Waals surface area contributed by atoms with Gasteiger partial charge in [0.05, 0.1) is 12.1 Å². The molecule has 1 saturated heterocycles. The van der Waals surface area contributed by atoms with Crippen molar-refractivity contribution in [1.82, 2.24) is 19.8 Å². The van der Waals surface area contributed by atoms with Crippen LogP contribution < -0.4 is 11.1 Å². The Bertz CT molecular complexity index is 1360. The molecular weight excluding hydrogens is 448 g/mol. The Morgan fingerprint density at radius 2 is 1.50 bits per heavy atom. The number of aromatic nitrogens is 2. The first kappa shape index (κ1) is 24.2. The number of nitrogens with one attached hydrogen (secondary N) is 1. The lowest BCUT2D eigenvalue weighted by molar-refractivity contribution is -0.119. The first-order chi connectivity index (χ1) is 17.5. The summed E-state index contributed by atoms with van der Waals surface area (Å²) in [5.74, 6) is 1.10. The highest BCUT2D eigenvalue weighted by molar-refractivity contribution is 5.92. The SMILES string of the molecule is CC(C)[C@H](Nc1nc(CN2CCN(Cc3cccc4ccccc34)CC2)nc2ccccc12)C(N)=O. The van der Waals surface area contributed by atoms with Gasteiger partial charge in [-0.25, -0.2) is 9.97 Å². The number of nitrogens with zero attached hydrogens (tertiary/aromatic N) is 4. The molecule has 5 rings (SSSR count). The number of primary amides is 1. The van der Waals surface area contributed by atoms with Crippen LogP contribution >= 0.6 is 0 Å². The van der Waals surface area contributed by atoms with Gasteiger partial charge < -0.3 is 11.1 Å². The average molecular weight is 483 g/mol. The number of amides is 1. The average Bonchev–Trinajstić information content (AvgIpc) is 2.88. The molecule has 0 aliphatic carbocycles. The maximum Gasteiger partial charge on any atom is 0.240 e. The number of hydrogen-bond donors (Lipinski definition) is 2. The molecular formula is C29H34N6O. The molecule has 0 spiro atoms. The van der Waals surface area contributed by atoms with E-state index >= 15 is 0 Å². The molecule has 4 aromatic rings. The Kier molecular flexibility index (Phi) is 7.11. The zero-order valence-electron chi connectivity index (χ0n) is 21.0. The fraction of sp³-hybridized carbons (Fsp3) is 0.345. The minimum atomic E-state index is -0.492. The fourth-order valence-electron chi connectivity index (χ4n) is 5.00. The molecule has 3 N–H and O–H groups in total. The number of benzene rings is 3. The van der Waals surface area contributed by atoms with E-state index in [1.165, 1.54) is 16.3 Å². The maximum absolute atomic E-state index is 12.0. The lowest BCUT2D eigenvalue weighted by Crippen LogP contribution is -2.45. The van der Waals surface area contributed by atoms with Gasteiger partial charge in [-0.15, -0.1) is 0 Å². The second-order valence-corrected chi connectivity index (χ2v) is 9.96. The summed E-state index contributed by atoms with van der Waals surface area (Å²) in [6.07, 6.45) is 0. The van der Waals surface area contributed by atoms with Crippen LogP contribution in [0.25, 0.3) is 21.7 Å². The third kappa shape index (κ3) is 5.32. The van der Waals surface area contributed by atoms with Crippen molar-refractivity contribution < 1.29 is 4.79 Å². The third-order valence-electron chi connectivity index (χ3n) is 7.02. The minimum absolute atomic E-state index is 0.0505. The van der Waals surface area contributed by atoms with E-state index in [9.17, 15) is 4.79 Å². The van der Waals surface area contributed by atoms with Crippen LogP contribution in [0.2, 0.25) is 0 Å². The van der Waals surface area contributed by atoms with Gasteiger partial charge in [-0.1, -0.05) is 68.4 Å². The summed E-state index contributed by atoms with van der Waals surface area (Å²) in [6.45, 7) is 9.50. The van der Waals surface area contributed by atoms with E-state index in [0.717, 1.165) is 49.5 Å². The second kappa shape index (κ2) is 10.6. The van der Waals surface area contributed by atoms with E-state index in [1.807, 2.05) is 38.1 Å². The van der Waals surface area contributed by atoms with Crippen LogP contribution in [0.15, 0.2) is 66.7 Å². The van der Waals surface area contributed by atoms with Gasteiger partial charge in [0, 0.05) is 38.1 Å². The standard InChI is InChI=1S/C29H34N6O/c1-20(2)27(28(30)36)33-29-24-12-5-6-13-25(24)31-26(32-29)19-35-16-14-34(15-17-35)18-22-10-7-9-21-8-3-4-11-23(21)22/h3-13,20,27H,14-19H2,1-2H3,(H2,30,36)(H,31,32,33)/t27-/m0/s1. The fourth-order valence-corrected chi connectivity index (χ4v) is 5.00. The maximum atomic E-state index is 12.0. The summed E-state index contributed by atoms with van der Waals surface area (Å²) >= 11 is 0. The molecule has 2 heterocycles. The number of anilines is 1. The number of fused-ring (bicyclic) bond motifs is 2. The summed E-state index contributed by atoms with van der Waals surface area (Å²) in [7, 11) is 0. The number of hydrogen-bond acceptors (Lipinski definition) is 6. The monoisotopic (exact) mass is 482 g/mol. The van der Waals surface area contributed by atoms with Crippen molar-refractivity contribution in [3.8, 4) is 0 Å². The Labute approximate surface area is 212 Å². The molecule has 0 bridgehead atoms. The Balaban J connectivity index is 1.28. The lowest BCUT2D eigenvalue weighted by atomic mass is 10.0. The number of carbonyl (C=O) groups excluding carboxylic acids is 1. The number of carbonyl (C=O) groups is 1. The lowest BCUT2D eigenvalue weighted by Gasteiger charge is -2.34. The first-order valence-electron chi connectivity index (χ1n) is 12.7. The highest BCUT2D eigenvalue weighted by Gasteiger charge is 2.23. The van der Waals surface area contributed by atoms with E-state index < -0.39 is 6.04 Å². The van der Waals surface area contributed by atoms with Crippen molar-refractivity contribution in [2.45, 2.75) is 33.0 Å². The van der Waals surface area contributed by atoms with Crippen LogP contribution in [0.3, 0.4) is 0 Å². The van der Waals surface area contributed by atoms with E-state index in [4.69, 9.17) is 15.7 Å². The molecule has 1 atom stereocenters. The predicted octanol–water partition coefficient (Wildman–Crippen LogP) is 4.02. The summed E-state index contributed by atoms with van der Waals surface area (Å²) < 4.78 is 0. The van der Waals surface area contributed by atoms with Crippen molar-refractivity contribution >= 4 is 33.4 Å². The van der Waals surface area contributed by atoms with Gasteiger partial charge in [-0.3, -0.25) is 14.6 Å². The van der Waals surface area contributed by atoms with Gasteiger partial charge >= 0.3 is 0 Å². The smallest absolute Gasteiger partial charge is 0.240 e. The Morgan fingerprint density at radius 1 is 0.861 bits per heavy atom. The Morgan fingerprint density at radius 3 is 2.22 bits per heavy atom. The van der Waals surface area contributed by atoms with Crippen molar-refractivity contribution in [2.24, 2.45) is 11.7 Å². The van der Waals surface area contributed by atoms with Crippen LogP contribution in [0.1, 0.15) is 25.2 Å². The van der Waals surface area contributed by atoms with Gasteiger partial charge in [-0.05, 0) is 34.4 Å². The van der Waals surface area contributed by atoms with Crippen molar-refractivity contribution in [1.29, 1.82) is 0 Å². The zero-order chi connectivity index (χ0) is 25.1. The Hall–Kier alpha value is -3.55. The van der Waals surface area contributed by atoms with Crippen LogP contribution in [0, 0.1) is 5.92 Å². The molecule has 0 unspecified atom stereocenters. The third-order valence-corrected chi connectivity index (χ3v) is 7.02. The molecule has 1 fully saturated rings. The van der Waals surface area contributed by atoms with Gasteiger partial charge in [0.2, 0.25) is 5.91 Å². The van der Waals surface area contributed by atoms with Crippen LogP contribution in [0.5, 0.6) is 0 Å². The zero-order valence-corrected chi connectivity index (χ0v) is 21.0. The van der Waals surface area contributed by atoms with E-state index in [1.54, 1.807) is 0 Å². The summed E-state index contributed by atoms with van der Waals surface area (Å²) in [5.41, 5.74) is 7.90. The van der Waals surface area contributed by atoms with E-state index in [2.05, 4.69) is 57.6 Å². The van der Waals surface area contributed by atoms with Gasteiger partial charge in [0.1, 0.15) is 17.7 Å². The topological polar surface area (TPSA) is 87.4 Å². The molecule has 1 aliphatic heterocycles. The number of nitrogens with two attached hydrogens (primary N) is 1. The molecule has 1 aromatic heterocycles. The second-order valence-electron chi connectivity index (χ2n) is 9.96. The quantitative estimate of drug-likeness (QED) is 0.394. The van der Waals surface area contributed by atoms with Crippen molar-refractivity contribution in [2.75, 3.05) is 31.5 Å². The van der Waals surface area contributed by atoms with E-state index in [-0.39, 0.29) is 11.8 Å². The molecule has 36 heavy (non-hydrogen) atoms. The number of piperazine rings is 1. The molecule has 186 valence electrons. The largest absolute Gasteiger partial charge is 0.368 e. The first-order valence-corrected chi connectivity index (χ1v) is 12.7. The van der Waals surface area contributed by atoms with Gasteiger partial charge in [-0.2, -0.15) is 0 Å². The van der Waals surface area contributed by atoms with Crippen LogP contribution in [-0.2, 0) is 17.9 Å². The van der Waals surface area contributed by atoms with Crippen molar-refractivity contribution in [3.05, 3.63) is 78.1 Å². The van der Waals surface area contributed by atoms with Crippen LogP contribution in [-0.4, -0.2) is 57.9 Å². The van der Waals surface area contributed by atoms with E-state index in [0.29, 0.717) is 12.4 Å². The highest BCUT2D eigenvalue weighted by atomic mass is 16.1. The van der Waals surface area contributed by atoms with Gasteiger partial charge in [0.15, 0.2) is 0 Å². The molecule has 7 heteroatoms. The summed E-state index contributed by atoms with van der Waals surface area (Å²) in [6, 6.07) is 22.6.